The van der Waals surface area contributed by atoms with Crippen molar-refractivity contribution in [2.75, 3.05) is 7.05 Å². The number of carbonyl (C=O) groups is 2. The van der Waals surface area contributed by atoms with Crippen molar-refractivity contribution in [1.29, 1.82) is 0 Å². The van der Waals surface area contributed by atoms with E-state index in [1.807, 2.05) is 31.2 Å². The van der Waals surface area contributed by atoms with Gasteiger partial charge >= 0.3 is 0 Å². The van der Waals surface area contributed by atoms with Crippen LogP contribution in [-0.4, -0.2) is 23.1 Å². The Morgan fingerprint density at radius 1 is 1.31 bits per heavy atom. The third kappa shape index (κ3) is 2.02. The van der Waals surface area contributed by atoms with Gasteiger partial charge in [-0.15, -0.1) is 0 Å². The van der Waals surface area contributed by atoms with Gasteiger partial charge in [-0.1, -0.05) is 29.8 Å². The molecule has 0 spiro atoms. The molecule has 1 aromatic rings. The highest BCUT2D eigenvalue weighted by Gasteiger charge is 2.31. The van der Waals surface area contributed by atoms with Gasteiger partial charge in [0.05, 0.1) is 4.91 Å². The normalized spacial score (nSPS) is 18.6. The lowest BCUT2D eigenvalue weighted by atomic mass is 10.1. The van der Waals surface area contributed by atoms with Gasteiger partial charge in [0.15, 0.2) is 0 Å². The van der Waals surface area contributed by atoms with Crippen LogP contribution in [0.2, 0.25) is 0 Å². The van der Waals surface area contributed by atoms with Gasteiger partial charge in [0.2, 0.25) is 0 Å². The second-order valence-electron chi connectivity index (χ2n) is 3.65. The van der Waals surface area contributed by atoms with Gasteiger partial charge in [0, 0.05) is 7.05 Å². The quantitative estimate of drug-likeness (QED) is 0.700. The SMILES string of the molecule is Cc1cccc(/C=C2\SC(=O)N(C)C2=O)c1. The number of benzene rings is 1. The molecule has 0 N–H and O–H groups in total. The summed E-state index contributed by atoms with van der Waals surface area (Å²) in [6.07, 6.45) is 1.75. The standard InChI is InChI=1S/C12H11NO2S/c1-8-4-3-5-9(6-8)7-10-11(14)13(2)12(15)16-10/h3-7H,1-2H3/b10-7-. The van der Waals surface area contributed by atoms with Crippen LogP contribution in [0.3, 0.4) is 0 Å². The summed E-state index contributed by atoms with van der Waals surface area (Å²) in [5, 5.41) is -0.219. The maximum atomic E-state index is 11.6. The van der Waals surface area contributed by atoms with E-state index in [9.17, 15) is 9.59 Å². The Bertz CT molecular complexity index is 494. The molecule has 16 heavy (non-hydrogen) atoms. The third-order valence-corrected chi connectivity index (χ3v) is 3.29. The minimum atomic E-state index is -0.225. The first-order valence-electron chi connectivity index (χ1n) is 4.86. The molecule has 0 saturated carbocycles. The summed E-state index contributed by atoms with van der Waals surface area (Å²) in [7, 11) is 1.49. The molecule has 0 atom stereocenters. The molecule has 1 aliphatic rings. The third-order valence-electron chi connectivity index (χ3n) is 2.33. The number of hydrogen-bond donors (Lipinski definition) is 0. The fourth-order valence-electron chi connectivity index (χ4n) is 1.46. The molecule has 0 unspecified atom stereocenters. The molecular weight excluding hydrogens is 222 g/mol. The first-order chi connectivity index (χ1) is 7.58. The van der Waals surface area contributed by atoms with Crippen molar-refractivity contribution in [2.45, 2.75) is 6.92 Å². The molecule has 0 radical (unpaired) electrons. The lowest BCUT2D eigenvalue weighted by Crippen LogP contribution is -2.22. The smallest absolute Gasteiger partial charge is 0.272 e. The Morgan fingerprint density at radius 2 is 2.06 bits per heavy atom. The highest BCUT2D eigenvalue weighted by molar-refractivity contribution is 8.18. The number of amides is 2. The highest BCUT2D eigenvalue weighted by Crippen LogP contribution is 2.30. The number of rotatable bonds is 1. The van der Waals surface area contributed by atoms with E-state index in [0.29, 0.717) is 4.91 Å². The van der Waals surface area contributed by atoms with E-state index in [1.165, 1.54) is 7.05 Å². The number of aryl methyl sites for hydroxylation is 1. The second kappa shape index (κ2) is 4.14. The van der Waals surface area contributed by atoms with E-state index >= 15 is 0 Å². The molecule has 1 heterocycles. The Labute approximate surface area is 98.1 Å². The van der Waals surface area contributed by atoms with Crippen LogP contribution in [-0.2, 0) is 4.79 Å². The van der Waals surface area contributed by atoms with E-state index in [4.69, 9.17) is 0 Å². The number of carbonyl (C=O) groups excluding carboxylic acids is 2. The maximum Gasteiger partial charge on any atom is 0.293 e. The summed E-state index contributed by atoms with van der Waals surface area (Å²) in [6.45, 7) is 1.99. The summed E-state index contributed by atoms with van der Waals surface area (Å²) in [5.41, 5.74) is 2.07. The van der Waals surface area contributed by atoms with Gasteiger partial charge in [0.1, 0.15) is 0 Å². The minimum absolute atomic E-state index is 0.219. The lowest BCUT2D eigenvalue weighted by molar-refractivity contribution is -0.121. The Morgan fingerprint density at radius 3 is 2.62 bits per heavy atom. The zero-order chi connectivity index (χ0) is 11.7. The largest absolute Gasteiger partial charge is 0.293 e. The van der Waals surface area contributed by atoms with E-state index in [2.05, 4.69) is 0 Å². The van der Waals surface area contributed by atoms with Crippen molar-refractivity contribution in [1.82, 2.24) is 4.90 Å². The van der Waals surface area contributed by atoms with E-state index < -0.39 is 0 Å². The number of nitrogens with zero attached hydrogens (tertiary/aromatic N) is 1. The Hall–Kier alpha value is -1.55. The van der Waals surface area contributed by atoms with E-state index in [0.717, 1.165) is 27.8 Å². The van der Waals surface area contributed by atoms with Gasteiger partial charge in [0.25, 0.3) is 11.1 Å². The number of imide groups is 1. The molecule has 4 heteroatoms. The molecule has 3 nitrogen and oxygen atoms in total. The van der Waals surface area contributed by atoms with Crippen molar-refractivity contribution in [3.8, 4) is 0 Å². The van der Waals surface area contributed by atoms with E-state index in [-0.39, 0.29) is 11.1 Å². The van der Waals surface area contributed by atoms with Gasteiger partial charge < -0.3 is 0 Å². The van der Waals surface area contributed by atoms with E-state index in [1.54, 1.807) is 6.08 Å². The number of hydrogen-bond acceptors (Lipinski definition) is 3. The Balaban J connectivity index is 2.33. The van der Waals surface area contributed by atoms with Gasteiger partial charge in [-0.25, -0.2) is 0 Å². The highest BCUT2D eigenvalue weighted by atomic mass is 32.2. The zero-order valence-corrected chi connectivity index (χ0v) is 9.88. The van der Waals surface area contributed by atoms with Crippen molar-refractivity contribution in [2.24, 2.45) is 0 Å². The average molecular weight is 233 g/mol. The summed E-state index contributed by atoms with van der Waals surface area (Å²) in [5.74, 6) is -0.225. The monoisotopic (exact) mass is 233 g/mol. The van der Waals surface area contributed by atoms with Crippen molar-refractivity contribution in [3.05, 3.63) is 40.3 Å². The summed E-state index contributed by atoms with van der Waals surface area (Å²) < 4.78 is 0. The molecule has 2 amide bonds. The average Bonchev–Trinajstić information content (AvgIpc) is 2.47. The maximum absolute atomic E-state index is 11.6. The van der Waals surface area contributed by atoms with Crippen LogP contribution in [0.25, 0.3) is 6.08 Å². The predicted molar refractivity (Wildman–Crippen MR) is 64.9 cm³/mol. The number of thioether (sulfide) groups is 1. The van der Waals surface area contributed by atoms with Crippen LogP contribution in [0.4, 0.5) is 4.79 Å². The van der Waals surface area contributed by atoms with Crippen LogP contribution < -0.4 is 0 Å². The van der Waals surface area contributed by atoms with Gasteiger partial charge in [-0.05, 0) is 30.3 Å². The van der Waals surface area contributed by atoms with Crippen LogP contribution >= 0.6 is 11.8 Å². The molecule has 1 fully saturated rings. The zero-order valence-electron chi connectivity index (χ0n) is 9.06. The second-order valence-corrected chi connectivity index (χ2v) is 4.65. The van der Waals surface area contributed by atoms with Gasteiger partial charge in [-0.2, -0.15) is 0 Å². The molecule has 0 aliphatic carbocycles. The van der Waals surface area contributed by atoms with Gasteiger partial charge in [-0.3, -0.25) is 14.5 Å². The molecule has 82 valence electrons. The fraction of sp³-hybridized carbons (Fsp3) is 0.167. The first-order valence-corrected chi connectivity index (χ1v) is 5.68. The van der Waals surface area contributed by atoms with Crippen LogP contribution in [0.15, 0.2) is 29.2 Å². The molecule has 1 aliphatic heterocycles. The van der Waals surface area contributed by atoms with Crippen LogP contribution in [0.5, 0.6) is 0 Å². The summed E-state index contributed by atoms with van der Waals surface area (Å²) >= 11 is 0.981. The molecule has 1 aromatic carbocycles. The van der Waals surface area contributed by atoms with Crippen LogP contribution in [0, 0.1) is 6.92 Å². The molecule has 0 bridgehead atoms. The first kappa shape index (κ1) is 11.0. The van der Waals surface area contributed by atoms with Crippen molar-refractivity contribution < 1.29 is 9.59 Å². The van der Waals surface area contributed by atoms with Crippen molar-refractivity contribution >= 4 is 29.0 Å². The predicted octanol–water partition coefficient (Wildman–Crippen LogP) is 2.66. The molecule has 1 saturated heterocycles. The minimum Gasteiger partial charge on any atom is -0.272 e. The molecule has 0 aromatic heterocycles. The molecule has 2 rings (SSSR count). The van der Waals surface area contributed by atoms with Crippen LogP contribution in [0.1, 0.15) is 11.1 Å². The summed E-state index contributed by atoms with van der Waals surface area (Å²) in [4.78, 5) is 24.5. The topological polar surface area (TPSA) is 37.4 Å². The Kier molecular flexibility index (Phi) is 2.83. The number of likely N-dealkylation sites (N-methyl/N-ethyl adjacent to an activating group) is 1. The molecular formula is C12H11NO2S. The fourth-order valence-corrected chi connectivity index (χ4v) is 2.28. The lowest BCUT2D eigenvalue weighted by Gasteiger charge is -2.01. The van der Waals surface area contributed by atoms with Crippen molar-refractivity contribution in [3.63, 3.8) is 0 Å². The summed E-state index contributed by atoms with van der Waals surface area (Å²) in [6, 6.07) is 7.81.